The quantitative estimate of drug-likeness (QED) is 0.755. The second-order valence-corrected chi connectivity index (χ2v) is 9.53. The van der Waals surface area contributed by atoms with Crippen LogP contribution in [-0.2, 0) is 16.6 Å². The molecule has 1 aromatic heterocycles. The molecule has 0 spiro atoms. The van der Waals surface area contributed by atoms with Crippen LogP contribution in [0.25, 0.3) is 0 Å². The lowest BCUT2D eigenvalue weighted by Crippen LogP contribution is -2.33. The Bertz CT molecular complexity index is 564. The van der Waals surface area contributed by atoms with Crippen LogP contribution in [-0.4, -0.2) is 21.0 Å². The molecule has 0 aliphatic heterocycles. The van der Waals surface area contributed by atoms with Gasteiger partial charge in [-0.25, -0.2) is 13.1 Å². The normalized spacial score (nSPS) is 21.8. The maximum Gasteiger partial charge on any atom is 0.250 e. The molecule has 1 aliphatic rings. The van der Waals surface area contributed by atoms with E-state index in [9.17, 15) is 8.42 Å². The Morgan fingerprint density at radius 3 is 2.81 bits per heavy atom. The standard InChI is InChI=1S/C15H26N2O2S2/c1-4-7-16-10-12-8-14(20-11-12)21(18,19)17-13-5-6-15(2,3)9-13/h8,11,13,16-17H,4-7,9-10H2,1-3H3. The summed E-state index contributed by atoms with van der Waals surface area (Å²) in [6.45, 7) is 8.20. The summed E-state index contributed by atoms with van der Waals surface area (Å²) in [5.41, 5.74) is 1.29. The van der Waals surface area contributed by atoms with E-state index in [2.05, 4.69) is 30.8 Å². The van der Waals surface area contributed by atoms with Gasteiger partial charge in [-0.3, -0.25) is 0 Å². The minimum atomic E-state index is -3.36. The fourth-order valence-electron chi connectivity index (χ4n) is 2.81. The fourth-order valence-corrected chi connectivity index (χ4v) is 5.31. The van der Waals surface area contributed by atoms with Crippen LogP contribution in [0.1, 0.15) is 52.0 Å². The van der Waals surface area contributed by atoms with Crippen LogP contribution in [0, 0.1) is 5.41 Å². The van der Waals surface area contributed by atoms with Crippen molar-refractivity contribution in [2.24, 2.45) is 5.41 Å². The summed E-state index contributed by atoms with van der Waals surface area (Å²) in [6.07, 6.45) is 4.01. The highest BCUT2D eigenvalue weighted by Crippen LogP contribution is 2.37. The molecule has 21 heavy (non-hydrogen) atoms. The highest BCUT2D eigenvalue weighted by Gasteiger charge is 2.33. The van der Waals surface area contributed by atoms with E-state index in [1.165, 1.54) is 11.3 Å². The van der Waals surface area contributed by atoms with Gasteiger partial charge in [0.15, 0.2) is 0 Å². The zero-order chi connectivity index (χ0) is 15.5. The number of thiophene rings is 1. The van der Waals surface area contributed by atoms with E-state index in [-0.39, 0.29) is 11.5 Å². The number of sulfonamides is 1. The van der Waals surface area contributed by atoms with Crippen molar-refractivity contribution in [2.75, 3.05) is 6.54 Å². The van der Waals surface area contributed by atoms with Crippen LogP contribution in [0.5, 0.6) is 0 Å². The van der Waals surface area contributed by atoms with Crippen LogP contribution in [0.15, 0.2) is 15.7 Å². The smallest absolute Gasteiger partial charge is 0.250 e. The highest BCUT2D eigenvalue weighted by atomic mass is 32.2. The Kier molecular flexibility index (Phi) is 5.46. The van der Waals surface area contributed by atoms with Gasteiger partial charge in [0.25, 0.3) is 0 Å². The second-order valence-electron chi connectivity index (χ2n) is 6.68. The summed E-state index contributed by atoms with van der Waals surface area (Å²) in [4.78, 5) is 0. The van der Waals surface area contributed by atoms with Crippen molar-refractivity contribution in [2.45, 2.75) is 63.3 Å². The molecule has 1 aromatic rings. The lowest BCUT2D eigenvalue weighted by Gasteiger charge is -2.17. The van der Waals surface area contributed by atoms with Gasteiger partial charge in [0.2, 0.25) is 10.0 Å². The van der Waals surface area contributed by atoms with Crippen LogP contribution in [0.4, 0.5) is 0 Å². The first-order valence-electron chi connectivity index (χ1n) is 7.63. The molecule has 2 rings (SSSR count). The first-order valence-corrected chi connectivity index (χ1v) is 9.99. The van der Waals surface area contributed by atoms with Crippen LogP contribution in [0.2, 0.25) is 0 Å². The molecule has 6 heteroatoms. The summed E-state index contributed by atoms with van der Waals surface area (Å²) >= 11 is 1.31. The summed E-state index contributed by atoms with van der Waals surface area (Å²) in [5.74, 6) is 0. The van der Waals surface area contributed by atoms with E-state index < -0.39 is 10.0 Å². The Hall–Kier alpha value is -0.430. The van der Waals surface area contributed by atoms with E-state index in [1.807, 2.05) is 5.38 Å². The molecule has 0 radical (unpaired) electrons. The number of hydrogen-bond acceptors (Lipinski definition) is 4. The van der Waals surface area contributed by atoms with E-state index in [1.54, 1.807) is 6.07 Å². The first-order chi connectivity index (χ1) is 9.82. The van der Waals surface area contributed by atoms with Gasteiger partial charge >= 0.3 is 0 Å². The Labute approximate surface area is 132 Å². The predicted octanol–water partition coefficient (Wildman–Crippen LogP) is 3.10. The summed E-state index contributed by atoms with van der Waals surface area (Å²) < 4.78 is 28.1. The van der Waals surface area contributed by atoms with Gasteiger partial charge in [0, 0.05) is 12.6 Å². The number of rotatable bonds is 7. The van der Waals surface area contributed by atoms with Crippen LogP contribution < -0.4 is 10.0 Å². The topological polar surface area (TPSA) is 58.2 Å². The lowest BCUT2D eigenvalue weighted by atomic mass is 9.92. The molecule has 0 saturated heterocycles. The van der Waals surface area contributed by atoms with Crippen molar-refractivity contribution in [3.05, 3.63) is 17.0 Å². The van der Waals surface area contributed by atoms with Gasteiger partial charge in [-0.15, -0.1) is 11.3 Å². The summed E-state index contributed by atoms with van der Waals surface area (Å²) in [6, 6.07) is 1.87. The van der Waals surface area contributed by atoms with Gasteiger partial charge < -0.3 is 5.32 Å². The van der Waals surface area contributed by atoms with Gasteiger partial charge in [0.1, 0.15) is 4.21 Å². The van der Waals surface area contributed by atoms with Crippen LogP contribution >= 0.6 is 11.3 Å². The van der Waals surface area contributed by atoms with Crippen molar-refractivity contribution in [1.82, 2.24) is 10.0 Å². The van der Waals surface area contributed by atoms with Gasteiger partial charge in [0.05, 0.1) is 0 Å². The van der Waals surface area contributed by atoms with E-state index in [0.717, 1.165) is 44.3 Å². The number of hydrogen-bond donors (Lipinski definition) is 2. The third-order valence-corrected chi connectivity index (χ3v) is 6.95. The third-order valence-electron chi connectivity index (χ3n) is 3.94. The van der Waals surface area contributed by atoms with Gasteiger partial charge in [-0.05, 0) is 54.7 Å². The van der Waals surface area contributed by atoms with Crippen molar-refractivity contribution in [3.63, 3.8) is 0 Å². The van der Waals surface area contributed by atoms with Gasteiger partial charge in [-0.2, -0.15) is 0 Å². The van der Waals surface area contributed by atoms with Crippen molar-refractivity contribution < 1.29 is 8.42 Å². The molecule has 1 aliphatic carbocycles. The highest BCUT2D eigenvalue weighted by molar-refractivity contribution is 7.91. The molecule has 1 fully saturated rings. The molecule has 120 valence electrons. The van der Waals surface area contributed by atoms with E-state index in [4.69, 9.17) is 0 Å². The largest absolute Gasteiger partial charge is 0.313 e. The average molecular weight is 331 g/mol. The van der Waals surface area contributed by atoms with E-state index >= 15 is 0 Å². The zero-order valence-corrected chi connectivity index (χ0v) is 14.7. The Morgan fingerprint density at radius 2 is 2.19 bits per heavy atom. The van der Waals surface area contributed by atoms with Crippen molar-refractivity contribution >= 4 is 21.4 Å². The molecule has 1 saturated carbocycles. The maximum atomic E-state index is 12.4. The molecule has 4 nitrogen and oxygen atoms in total. The minimum absolute atomic E-state index is 0.0776. The maximum absolute atomic E-state index is 12.4. The summed E-state index contributed by atoms with van der Waals surface area (Å²) in [5, 5.41) is 5.22. The van der Waals surface area contributed by atoms with Crippen molar-refractivity contribution in [1.29, 1.82) is 0 Å². The van der Waals surface area contributed by atoms with E-state index in [0.29, 0.717) is 4.21 Å². The monoisotopic (exact) mass is 330 g/mol. The Balaban J connectivity index is 1.96. The zero-order valence-electron chi connectivity index (χ0n) is 13.1. The molecule has 1 unspecified atom stereocenters. The van der Waals surface area contributed by atoms with Gasteiger partial charge in [-0.1, -0.05) is 20.8 Å². The summed E-state index contributed by atoms with van der Waals surface area (Å²) in [7, 11) is -3.36. The molecule has 2 N–H and O–H groups in total. The average Bonchev–Trinajstić information content (AvgIpc) is 2.97. The second kappa shape index (κ2) is 6.77. The van der Waals surface area contributed by atoms with Crippen LogP contribution in [0.3, 0.4) is 0 Å². The molecule has 1 heterocycles. The molecular weight excluding hydrogens is 304 g/mol. The molecule has 0 amide bonds. The minimum Gasteiger partial charge on any atom is -0.313 e. The molecular formula is C15H26N2O2S2. The number of nitrogens with one attached hydrogen (secondary N) is 2. The Morgan fingerprint density at radius 1 is 1.43 bits per heavy atom. The predicted molar refractivity (Wildman–Crippen MR) is 88.1 cm³/mol. The molecule has 0 bridgehead atoms. The lowest BCUT2D eigenvalue weighted by molar-refractivity contribution is 0.372. The molecule has 0 aromatic carbocycles. The first kappa shape index (κ1) is 16.9. The van der Waals surface area contributed by atoms with Crippen molar-refractivity contribution in [3.8, 4) is 0 Å². The fraction of sp³-hybridized carbons (Fsp3) is 0.733. The third kappa shape index (κ3) is 4.77. The SMILES string of the molecule is CCCNCc1csc(S(=O)(=O)NC2CCC(C)(C)C2)c1. The molecule has 1 atom stereocenters.